The van der Waals surface area contributed by atoms with Crippen LogP contribution in [0.5, 0.6) is 0 Å². The predicted molar refractivity (Wildman–Crippen MR) is 84.3 cm³/mol. The Labute approximate surface area is 134 Å². The first-order valence-electron chi connectivity index (χ1n) is 7.73. The molecule has 0 aliphatic heterocycles. The van der Waals surface area contributed by atoms with Crippen LogP contribution in [0, 0.1) is 5.82 Å². The zero-order valence-electron chi connectivity index (χ0n) is 13.3. The second-order valence-corrected chi connectivity index (χ2v) is 5.04. The highest BCUT2D eigenvalue weighted by atomic mass is 19.1. The lowest BCUT2D eigenvalue weighted by atomic mass is 10.2. The van der Waals surface area contributed by atoms with Crippen LogP contribution in [0.1, 0.15) is 26.0 Å². The first-order valence-corrected chi connectivity index (χ1v) is 7.73. The number of carbonyl (C=O) groups is 1. The van der Waals surface area contributed by atoms with Crippen LogP contribution in [-0.2, 0) is 16.0 Å². The van der Waals surface area contributed by atoms with Gasteiger partial charge < -0.3 is 14.5 Å². The Morgan fingerprint density at radius 1 is 1.35 bits per heavy atom. The summed E-state index contributed by atoms with van der Waals surface area (Å²) >= 11 is 0. The average molecular weight is 320 g/mol. The zero-order chi connectivity index (χ0) is 16.7. The lowest BCUT2D eigenvalue weighted by Gasteiger charge is -2.14. The number of rotatable bonds is 8. The summed E-state index contributed by atoms with van der Waals surface area (Å²) in [5.41, 5.74) is 1.44. The number of benzene rings is 1. The zero-order valence-corrected chi connectivity index (χ0v) is 13.3. The number of ether oxygens (including phenoxy) is 1. The van der Waals surface area contributed by atoms with Gasteiger partial charge in [-0.05, 0) is 37.6 Å². The van der Waals surface area contributed by atoms with Gasteiger partial charge in [0.2, 0.25) is 11.8 Å². The summed E-state index contributed by atoms with van der Waals surface area (Å²) < 4.78 is 23.6. The second kappa shape index (κ2) is 8.43. The molecule has 1 aromatic heterocycles. The summed E-state index contributed by atoms with van der Waals surface area (Å²) in [4.78, 5) is 16.2. The molecule has 0 fully saturated rings. The number of hydrogen-bond donors (Lipinski definition) is 1. The van der Waals surface area contributed by atoms with E-state index in [9.17, 15) is 9.18 Å². The van der Waals surface area contributed by atoms with Gasteiger partial charge in [0.15, 0.2) is 0 Å². The molecule has 0 bridgehead atoms. The molecule has 5 nitrogen and oxygen atoms in total. The molecule has 2 rings (SSSR count). The number of carbonyl (C=O) groups excluding carboxylic acids is 1. The van der Waals surface area contributed by atoms with Gasteiger partial charge in [0, 0.05) is 25.1 Å². The van der Waals surface area contributed by atoms with Crippen molar-refractivity contribution in [3.63, 3.8) is 0 Å². The molecule has 1 unspecified atom stereocenters. The Balaban J connectivity index is 1.85. The number of nitrogens with one attached hydrogen (secondary N) is 1. The molecule has 0 aliphatic rings. The first kappa shape index (κ1) is 17.1. The van der Waals surface area contributed by atoms with E-state index in [0.29, 0.717) is 37.4 Å². The second-order valence-electron chi connectivity index (χ2n) is 5.04. The summed E-state index contributed by atoms with van der Waals surface area (Å²) in [6, 6.07) is 5.94. The largest absolute Gasteiger partial charge is 0.444 e. The molecule has 1 atom stereocenters. The van der Waals surface area contributed by atoms with Crippen LogP contribution in [0.15, 0.2) is 34.9 Å². The highest BCUT2D eigenvalue weighted by Crippen LogP contribution is 2.18. The van der Waals surface area contributed by atoms with Gasteiger partial charge in [-0.1, -0.05) is 6.92 Å². The third kappa shape index (κ3) is 4.89. The molecule has 0 spiro atoms. The Bertz CT molecular complexity index is 625. The van der Waals surface area contributed by atoms with Crippen molar-refractivity contribution in [1.82, 2.24) is 10.3 Å². The third-order valence-corrected chi connectivity index (χ3v) is 3.35. The molecule has 23 heavy (non-hydrogen) atoms. The Kier molecular flexibility index (Phi) is 6.29. The highest BCUT2D eigenvalue weighted by Gasteiger charge is 2.15. The van der Waals surface area contributed by atoms with E-state index in [0.717, 1.165) is 5.69 Å². The lowest BCUT2D eigenvalue weighted by Crippen LogP contribution is -2.37. The monoisotopic (exact) mass is 320 g/mol. The normalized spacial score (nSPS) is 12.1. The molecule has 0 radical (unpaired) electrons. The van der Waals surface area contributed by atoms with Crippen LogP contribution in [0.4, 0.5) is 4.39 Å². The van der Waals surface area contributed by atoms with Crippen LogP contribution in [0.3, 0.4) is 0 Å². The molecule has 2 aromatic rings. The predicted octanol–water partition coefficient (Wildman–Crippen LogP) is 2.95. The Hall–Kier alpha value is -2.21. The van der Waals surface area contributed by atoms with Crippen molar-refractivity contribution in [2.45, 2.75) is 32.8 Å². The van der Waals surface area contributed by atoms with Crippen molar-refractivity contribution in [2.24, 2.45) is 0 Å². The summed E-state index contributed by atoms with van der Waals surface area (Å²) in [7, 11) is 0. The molecular weight excluding hydrogens is 299 g/mol. The van der Waals surface area contributed by atoms with E-state index in [1.165, 1.54) is 12.1 Å². The minimum absolute atomic E-state index is 0.114. The topological polar surface area (TPSA) is 64.4 Å². The molecule has 6 heteroatoms. The van der Waals surface area contributed by atoms with Crippen LogP contribution in [0.25, 0.3) is 11.5 Å². The minimum atomic E-state index is -0.410. The van der Waals surface area contributed by atoms with E-state index in [-0.39, 0.29) is 11.7 Å². The van der Waals surface area contributed by atoms with Crippen LogP contribution >= 0.6 is 0 Å². The highest BCUT2D eigenvalue weighted by molar-refractivity contribution is 5.80. The van der Waals surface area contributed by atoms with Crippen molar-refractivity contribution in [3.8, 4) is 11.5 Å². The van der Waals surface area contributed by atoms with Gasteiger partial charge in [-0.25, -0.2) is 9.37 Å². The maximum Gasteiger partial charge on any atom is 0.249 e. The fourth-order valence-electron chi connectivity index (χ4n) is 2.15. The molecule has 1 amide bonds. The van der Waals surface area contributed by atoms with E-state index >= 15 is 0 Å². The van der Waals surface area contributed by atoms with Crippen molar-refractivity contribution in [1.29, 1.82) is 0 Å². The molecular formula is C17H21FN2O3. The molecule has 1 N–H and O–H groups in total. The number of hydrogen-bond acceptors (Lipinski definition) is 4. The smallest absolute Gasteiger partial charge is 0.249 e. The average Bonchev–Trinajstić information content (AvgIpc) is 3.02. The maximum atomic E-state index is 12.9. The molecule has 1 aromatic carbocycles. The van der Waals surface area contributed by atoms with Gasteiger partial charge >= 0.3 is 0 Å². The Morgan fingerprint density at radius 2 is 2.09 bits per heavy atom. The molecule has 0 saturated heterocycles. The number of aromatic nitrogens is 1. The standard InChI is InChI=1S/C17H21FN2O3/c1-3-15(22-4-2)16(21)19-10-9-14-11-23-17(20-14)12-5-7-13(18)8-6-12/h5-8,11,15H,3-4,9-10H2,1-2H3,(H,19,21). The van der Waals surface area contributed by atoms with Gasteiger partial charge in [-0.2, -0.15) is 0 Å². The van der Waals surface area contributed by atoms with Crippen molar-refractivity contribution >= 4 is 5.91 Å². The molecule has 0 saturated carbocycles. The minimum Gasteiger partial charge on any atom is -0.444 e. The van der Waals surface area contributed by atoms with E-state index in [1.54, 1.807) is 18.4 Å². The Morgan fingerprint density at radius 3 is 2.74 bits per heavy atom. The number of amides is 1. The van der Waals surface area contributed by atoms with E-state index in [2.05, 4.69) is 10.3 Å². The number of halogens is 1. The maximum absolute atomic E-state index is 12.9. The first-order chi connectivity index (χ1) is 11.1. The molecule has 124 valence electrons. The fourth-order valence-corrected chi connectivity index (χ4v) is 2.15. The third-order valence-electron chi connectivity index (χ3n) is 3.35. The molecule has 0 aliphatic carbocycles. The summed E-state index contributed by atoms with van der Waals surface area (Å²) in [6.45, 7) is 4.74. The fraction of sp³-hybridized carbons (Fsp3) is 0.412. The van der Waals surface area contributed by atoms with E-state index in [4.69, 9.17) is 9.15 Å². The van der Waals surface area contributed by atoms with Gasteiger partial charge in [0.25, 0.3) is 0 Å². The van der Waals surface area contributed by atoms with Crippen molar-refractivity contribution in [3.05, 3.63) is 42.0 Å². The van der Waals surface area contributed by atoms with Crippen molar-refractivity contribution < 1.29 is 18.3 Å². The van der Waals surface area contributed by atoms with Crippen LogP contribution in [-0.4, -0.2) is 30.1 Å². The summed E-state index contributed by atoms with van der Waals surface area (Å²) in [5, 5.41) is 2.83. The van der Waals surface area contributed by atoms with E-state index < -0.39 is 6.10 Å². The van der Waals surface area contributed by atoms with Crippen LogP contribution < -0.4 is 5.32 Å². The van der Waals surface area contributed by atoms with Crippen molar-refractivity contribution in [2.75, 3.05) is 13.2 Å². The van der Waals surface area contributed by atoms with Crippen LogP contribution in [0.2, 0.25) is 0 Å². The summed E-state index contributed by atoms with van der Waals surface area (Å²) in [6.07, 6.45) is 2.33. The van der Waals surface area contributed by atoms with Gasteiger partial charge in [0.05, 0.1) is 5.69 Å². The number of nitrogens with zero attached hydrogens (tertiary/aromatic N) is 1. The van der Waals surface area contributed by atoms with E-state index in [1.807, 2.05) is 13.8 Å². The number of oxazole rings is 1. The SMILES string of the molecule is CCOC(CC)C(=O)NCCc1coc(-c2ccc(F)cc2)n1. The summed E-state index contributed by atoms with van der Waals surface area (Å²) in [5.74, 6) is 0.0201. The van der Waals surface area contributed by atoms with Gasteiger partial charge in [-0.15, -0.1) is 0 Å². The quantitative estimate of drug-likeness (QED) is 0.812. The van der Waals surface area contributed by atoms with Gasteiger partial charge in [0.1, 0.15) is 18.2 Å². The molecule has 1 heterocycles. The van der Waals surface area contributed by atoms with Gasteiger partial charge in [-0.3, -0.25) is 4.79 Å². The lowest BCUT2D eigenvalue weighted by molar-refractivity contribution is -0.132.